The Balaban J connectivity index is 1.41. The minimum absolute atomic E-state index is 0.0394. The van der Waals surface area contributed by atoms with Gasteiger partial charge in [0.2, 0.25) is 0 Å². The van der Waals surface area contributed by atoms with Gasteiger partial charge in [0.15, 0.2) is 0 Å². The van der Waals surface area contributed by atoms with Crippen molar-refractivity contribution in [1.29, 1.82) is 0 Å². The lowest BCUT2D eigenvalue weighted by Gasteiger charge is -2.31. The molecule has 3 aromatic rings. The molecule has 0 radical (unpaired) electrons. The van der Waals surface area contributed by atoms with E-state index in [1.165, 1.54) is 6.07 Å². The van der Waals surface area contributed by atoms with Crippen LogP contribution in [0.25, 0.3) is 0 Å². The van der Waals surface area contributed by atoms with Crippen molar-refractivity contribution < 1.29 is 9.18 Å². The molecule has 6 heteroatoms. The van der Waals surface area contributed by atoms with Gasteiger partial charge in [-0.05, 0) is 49.6 Å². The van der Waals surface area contributed by atoms with E-state index in [0.29, 0.717) is 31.0 Å². The highest BCUT2D eigenvalue weighted by Crippen LogP contribution is 2.28. The first-order valence-electron chi connectivity index (χ1n) is 9.59. The summed E-state index contributed by atoms with van der Waals surface area (Å²) < 4.78 is 13.4. The smallest absolute Gasteiger partial charge is 0.257 e. The van der Waals surface area contributed by atoms with Crippen LogP contribution >= 0.6 is 0 Å². The second-order valence-corrected chi connectivity index (χ2v) is 7.34. The van der Waals surface area contributed by atoms with Crippen molar-refractivity contribution in [1.82, 2.24) is 20.1 Å². The van der Waals surface area contributed by atoms with Crippen molar-refractivity contribution in [3.8, 4) is 0 Å². The van der Waals surface area contributed by atoms with Crippen LogP contribution in [0.5, 0.6) is 0 Å². The number of nitrogens with zero attached hydrogens (tertiary/aromatic N) is 3. The van der Waals surface area contributed by atoms with Gasteiger partial charge in [0, 0.05) is 42.5 Å². The fourth-order valence-electron chi connectivity index (χ4n) is 3.80. The number of aryl methyl sites for hydroxylation is 1. The van der Waals surface area contributed by atoms with Crippen LogP contribution in [0.4, 0.5) is 4.39 Å². The van der Waals surface area contributed by atoms with E-state index < -0.39 is 0 Å². The number of nitrogens with one attached hydrogen (secondary N) is 1. The van der Waals surface area contributed by atoms with Gasteiger partial charge in [0.1, 0.15) is 5.82 Å². The number of aromatic amines is 1. The van der Waals surface area contributed by atoms with Gasteiger partial charge in [0.25, 0.3) is 5.91 Å². The van der Waals surface area contributed by atoms with E-state index in [9.17, 15) is 9.18 Å². The number of rotatable bonds is 4. The molecule has 144 valence electrons. The number of pyridine rings is 1. The van der Waals surface area contributed by atoms with Crippen LogP contribution in [0, 0.1) is 12.7 Å². The van der Waals surface area contributed by atoms with E-state index >= 15 is 0 Å². The number of halogens is 1. The fourth-order valence-corrected chi connectivity index (χ4v) is 3.80. The summed E-state index contributed by atoms with van der Waals surface area (Å²) in [5.41, 5.74) is 4.36. The number of H-pyrrole nitrogens is 1. The molecule has 1 aliphatic heterocycles. The molecule has 0 aliphatic carbocycles. The molecule has 1 fully saturated rings. The second-order valence-electron chi connectivity index (χ2n) is 7.34. The van der Waals surface area contributed by atoms with Gasteiger partial charge in [-0.25, -0.2) is 4.39 Å². The van der Waals surface area contributed by atoms with Crippen LogP contribution in [-0.4, -0.2) is 39.1 Å². The van der Waals surface area contributed by atoms with E-state index in [0.717, 1.165) is 35.5 Å². The molecule has 2 aromatic heterocycles. The normalized spacial score (nSPS) is 15.0. The number of carbonyl (C=O) groups is 1. The topological polar surface area (TPSA) is 61.9 Å². The third kappa shape index (κ3) is 3.96. The lowest BCUT2D eigenvalue weighted by molar-refractivity contribution is 0.0711. The molecule has 5 nitrogen and oxygen atoms in total. The largest absolute Gasteiger partial charge is 0.338 e. The second kappa shape index (κ2) is 7.92. The molecule has 28 heavy (non-hydrogen) atoms. The van der Waals surface area contributed by atoms with Gasteiger partial charge in [0.05, 0.1) is 11.8 Å². The minimum Gasteiger partial charge on any atom is -0.338 e. The predicted molar refractivity (Wildman–Crippen MR) is 105 cm³/mol. The van der Waals surface area contributed by atoms with E-state index in [4.69, 9.17) is 4.98 Å². The third-order valence-corrected chi connectivity index (χ3v) is 5.36. The molecule has 0 unspecified atom stereocenters. The number of hydrogen-bond acceptors (Lipinski definition) is 3. The predicted octanol–water partition coefficient (Wildman–Crippen LogP) is 3.86. The van der Waals surface area contributed by atoms with Crippen molar-refractivity contribution in [2.75, 3.05) is 13.1 Å². The quantitative estimate of drug-likeness (QED) is 0.750. The van der Waals surface area contributed by atoms with Gasteiger partial charge in [-0.2, -0.15) is 5.10 Å². The van der Waals surface area contributed by atoms with Crippen LogP contribution in [-0.2, 0) is 6.42 Å². The Morgan fingerprint density at radius 3 is 2.71 bits per heavy atom. The first-order chi connectivity index (χ1) is 13.6. The van der Waals surface area contributed by atoms with Crippen molar-refractivity contribution in [2.24, 2.45) is 0 Å². The summed E-state index contributed by atoms with van der Waals surface area (Å²) in [5.74, 6) is 0.151. The highest BCUT2D eigenvalue weighted by Gasteiger charge is 2.26. The molecule has 1 N–H and O–H groups in total. The molecule has 1 saturated heterocycles. The molecule has 0 spiro atoms. The number of likely N-dealkylation sites (tertiary alicyclic amines) is 1. The summed E-state index contributed by atoms with van der Waals surface area (Å²) >= 11 is 0. The van der Waals surface area contributed by atoms with Crippen molar-refractivity contribution in [3.63, 3.8) is 0 Å². The van der Waals surface area contributed by atoms with Gasteiger partial charge >= 0.3 is 0 Å². The Morgan fingerprint density at radius 2 is 2.00 bits per heavy atom. The molecule has 1 amide bonds. The zero-order valence-electron chi connectivity index (χ0n) is 15.9. The molecule has 0 saturated carbocycles. The Morgan fingerprint density at radius 1 is 1.21 bits per heavy atom. The highest BCUT2D eigenvalue weighted by molar-refractivity contribution is 5.95. The number of amides is 1. The van der Waals surface area contributed by atoms with Crippen LogP contribution < -0.4 is 0 Å². The standard InChI is InChI=1S/C22H23FN4O/c1-15-20(14-24-26-15)22(28)27-10-8-17(9-11-27)21-7-3-6-19(25-21)13-16-4-2-5-18(23)12-16/h2-7,12,14,17H,8-11,13H2,1H3,(H,24,26). The molecule has 3 heterocycles. The van der Waals surface area contributed by atoms with Gasteiger partial charge in [-0.3, -0.25) is 14.9 Å². The lowest BCUT2D eigenvalue weighted by Crippen LogP contribution is -2.38. The van der Waals surface area contributed by atoms with Crippen molar-refractivity contribution in [3.05, 3.63) is 82.7 Å². The summed E-state index contributed by atoms with van der Waals surface area (Å²) in [4.78, 5) is 19.3. The zero-order chi connectivity index (χ0) is 19.5. The number of aromatic nitrogens is 3. The zero-order valence-corrected chi connectivity index (χ0v) is 15.9. The maximum Gasteiger partial charge on any atom is 0.257 e. The maximum absolute atomic E-state index is 13.4. The van der Waals surface area contributed by atoms with Crippen LogP contribution in [0.1, 0.15) is 51.8 Å². The Labute approximate surface area is 163 Å². The maximum atomic E-state index is 13.4. The van der Waals surface area contributed by atoms with Crippen LogP contribution in [0.15, 0.2) is 48.7 Å². The van der Waals surface area contributed by atoms with Crippen molar-refractivity contribution in [2.45, 2.75) is 32.1 Å². The Hall–Kier alpha value is -3.02. The summed E-state index contributed by atoms with van der Waals surface area (Å²) in [5, 5.41) is 6.77. The number of piperidine rings is 1. The van der Waals surface area contributed by atoms with Crippen LogP contribution in [0.3, 0.4) is 0 Å². The van der Waals surface area contributed by atoms with Gasteiger partial charge in [-0.15, -0.1) is 0 Å². The minimum atomic E-state index is -0.224. The third-order valence-electron chi connectivity index (χ3n) is 5.36. The van der Waals surface area contributed by atoms with E-state index in [1.54, 1.807) is 18.3 Å². The van der Waals surface area contributed by atoms with Gasteiger partial charge in [-0.1, -0.05) is 18.2 Å². The molecular formula is C22H23FN4O. The average Bonchev–Trinajstić information content (AvgIpc) is 3.14. The summed E-state index contributed by atoms with van der Waals surface area (Å²) in [6, 6.07) is 12.7. The molecule has 1 aliphatic rings. The summed E-state index contributed by atoms with van der Waals surface area (Å²) in [7, 11) is 0. The summed E-state index contributed by atoms with van der Waals surface area (Å²) in [6.45, 7) is 3.29. The highest BCUT2D eigenvalue weighted by atomic mass is 19.1. The van der Waals surface area contributed by atoms with Gasteiger partial charge < -0.3 is 4.90 Å². The Kier molecular flexibility index (Phi) is 5.19. The van der Waals surface area contributed by atoms with Crippen molar-refractivity contribution >= 4 is 5.91 Å². The molecule has 0 atom stereocenters. The molecular weight excluding hydrogens is 355 g/mol. The first kappa shape index (κ1) is 18.3. The van der Waals surface area contributed by atoms with E-state index in [1.807, 2.05) is 30.0 Å². The first-order valence-corrected chi connectivity index (χ1v) is 9.59. The SMILES string of the molecule is Cc1[nH]ncc1C(=O)N1CCC(c2cccc(Cc3cccc(F)c3)n2)CC1. The molecule has 0 bridgehead atoms. The number of hydrogen-bond donors (Lipinski definition) is 1. The van der Waals surface area contributed by atoms with E-state index in [-0.39, 0.29) is 11.7 Å². The fraction of sp³-hybridized carbons (Fsp3) is 0.318. The summed E-state index contributed by atoms with van der Waals surface area (Å²) in [6.07, 6.45) is 3.99. The molecule has 1 aromatic carbocycles. The van der Waals surface area contributed by atoms with Crippen LogP contribution in [0.2, 0.25) is 0 Å². The average molecular weight is 378 g/mol. The molecule has 4 rings (SSSR count). The number of carbonyl (C=O) groups excluding carboxylic acids is 1. The Bertz CT molecular complexity index is 976. The number of benzene rings is 1. The monoisotopic (exact) mass is 378 g/mol. The van der Waals surface area contributed by atoms with E-state index in [2.05, 4.69) is 16.3 Å². The lowest BCUT2D eigenvalue weighted by atomic mass is 9.92.